The lowest BCUT2D eigenvalue weighted by Gasteiger charge is -2.27. The van der Waals surface area contributed by atoms with Crippen LogP contribution in [0.4, 0.5) is 4.79 Å². The van der Waals surface area contributed by atoms with Crippen molar-refractivity contribution in [2.45, 2.75) is 26.6 Å². The molecule has 0 spiro atoms. The highest BCUT2D eigenvalue weighted by atomic mass is 31.2. The van der Waals surface area contributed by atoms with Crippen LogP contribution in [0.3, 0.4) is 0 Å². The zero-order valence-electron chi connectivity index (χ0n) is 13.6. The van der Waals surface area contributed by atoms with E-state index in [0.29, 0.717) is 5.56 Å². The van der Waals surface area contributed by atoms with Gasteiger partial charge in [-0.25, -0.2) is 4.79 Å². The summed E-state index contributed by atoms with van der Waals surface area (Å²) in [6, 6.07) is 8.35. The Balaban J connectivity index is 2.98. The molecule has 0 fully saturated rings. The lowest BCUT2D eigenvalue weighted by atomic mass is 9.97. The fraction of sp³-hybridized carbons (Fsp3) is 0.533. The number of rotatable bonds is 8. The Morgan fingerprint density at radius 1 is 1.35 bits per heavy atom. The molecule has 0 saturated heterocycles. The summed E-state index contributed by atoms with van der Waals surface area (Å²) in [6.07, 6.45) is -0.805. The number of carbonyl (C=O) groups excluding carboxylic acids is 1. The maximum absolute atomic E-state index is 12.6. The molecule has 23 heavy (non-hydrogen) atoms. The van der Waals surface area contributed by atoms with E-state index in [0.717, 1.165) is 0 Å². The molecule has 1 aromatic carbocycles. The molecule has 0 saturated carbocycles. The molecule has 0 aliphatic rings. The number of amides is 1. The van der Waals surface area contributed by atoms with E-state index in [9.17, 15) is 19.4 Å². The van der Waals surface area contributed by atoms with Crippen LogP contribution >= 0.6 is 7.60 Å². The van der Waals surface area contributed by atoms with Gasteiger partial charge >= 0.3 is 13.7 Å². The minimum Gasteiger partial charge on any atom is -0.450 e. The normalized spacial score (nSPS) is 15.5. The Kier molecular flexibility index (Phi) is 7.22. The maximum atomic E-state index is 12.6. The van der Waals surface area contributed by atoms with Crippen molar-refractivity contribution < 1.29 is 28.6 Å². The summed E-state index contributed by atoms with van der Waals surface area (Å²) >= 11 is 0. The lowest BCUT2D eigenvalue weighted by Crippen LogP contribution is -2.31. The van der Waals surface area contributed by atoms with E-state index in [2.05, 4.69) is 5.32 Å². The van der Waals surface area contributed by atoms with E-state index in [1.54, 1.807) is 51.1 Å². The highest BCUT2D eigenvalue weighted by molar-refractivity contribution is 7.53. The van der Waals surface area contributed by atoms with Gasteiger partial charge in [0.05, 0.1) is 19.8 Å². The molecule has 0 heterocycles. The molecule has 0 bridgehead atoms. The van der Waals surface area contributed by atoms with Gasteiger partial charge in [0, 0.05) is 5.41 Å². The Labute approximate surface area is 136 Å². The van der Waals surface area contributed by atoms with E-state index in [4.69, 9.17) is 9.26 Å². The average Bonchev–Trinajstić information content (AvgIpc) is 2.52. The second kappa shape index (κ2) is 8.45. The Bertz CT molecular complexity index is 548. The van der Waals surface area contributed by atoms with Crippen molar-refractivity contribution in [2.24, 2.45) is 5.41 Å². The number of hydrogen-bond acceptors (Lipinski definition) is 5. The summed E-state index contributed by atoms with van der Waals surface area (Å²) in [4.78, 5) is 22.0. The minimum absolute atomic E-state index is 0.134. The van der Waals surface area contributed by atoms with Crippen molar-refractivity contribution in [3.63, 3.8) is 0 Å². The van der Waals surface area contributed by atoms with Gasteiger partial charge in [-0.05, 0) is 12.5 Å². The van der Waals surface area contributed by atoms with Crippen molar-refractivity contribution in [1.82, 2.24) is 5.32 Å². The van der Waals surface area contributed by atoms with Crippen molar-refractivity contribution in [3.05, 3.63) is 35.9 Å². The van der Waals surface area contributed by atoms with Crippen LogP contribution in [0.15, 0.2) is 30.3 Å². The first-order chi connectivity index (χ1) is 10.7. The number of nitrogens with one attached hydrogen (secondary N) is 1. The molecule has 2 atom stereocenters. The second-order valence-electron chi connectivity index (χ2n) is 5.84. The zero-order valence-corrected chi connectivity index (χ0v) is 14.5. The number of hydrogen-bond donors (Lipinski definition) is 3. The molecule has 130 valence electrons. The first kappa shape index (κ1) is 19.6. The smallest absolute Gasteiger partial charge is 0.408 e. The number of aliphatic hydroxyl groups is 1. The van der Waals surface area contributed by atoms with Gasteiger partial charge in [-0.1, -0.05) is 44.2 Å². The van der Waals surface area contributed by atoms with Crippen LogP contribution in [0, 0.1) is 5.41 Å². The summed E-state index contributed by atoms with van der Waals surface area (Å²) in [5.41, 5.74) is -0.253. The van der Waals surface area contributed by atoms with Crippen LogP contribution in [0.5, 0.6) is 0 Å². The van der Waals surface area contributed by atoms with E-state index < -0.39 is 24.9 Å². The Morgan fingerprint density at radius 3 is 2.48 bits per heavy atom. The van der Waals surface area contributed by atoms with Gasteiger partial charge in [-0.3, -0.25) is 4.57 Å². The summed E-state index contributed by atoms with van der Waals surface area (Å²) < 4.78 is 22.5. The molecule has 3 N–H and O–H groups in total. The fourth-order valence-corrected chi connectivity index (χ4v) is 3.16. The van der Waals surface area contributed by atoms with Gasteiger partial charge in [0.15, 0.2) is 5.78 Å². The van der Waals surface area contributed by atoms with Gasteiger partial charge in [0.1, 0.15) is 0 Å². The molecule has 0 radical (unpaired) electrons. The second-order valence-corrected chi connectivity index (χ2v) is 7.74. The zero-order chi connectivity index (χ0) is 17.5. The van der Waals surface area contributed by atoms with Gasteiger partial charge < -0.3 is 24.6 Å². The van der Waals surface area contributed by atoms with Crippen LogP contribution in [0.1, 0.15) is 32.1 Å². The Hall–Kier alpha value is -1.40. The fourth-order valence-electron chi connectivity index (χ4n) is 1.66. The van der Waals surface area contributed by atoms with E-state index >= 15 is 0 Å². The molecule has 0 aromatic heterocycles. The van der Waals surface area contributed by atoms with Gasteiger partial charge in [0.2, 0.25) is 0 Å². The predicted octanol–water partition coefficient (Wildman–Crippen LogP) is 2.65. The van der Waals surface area contributed by atoms with Crippen LogP contribution in [0.25, 0.3) is 0 Å². The third kappa shape index (κ3) is 6.31. The van der Waals surface area contributed by atoms with Crippen LogP contribution in [0.2, 0.25) is 0 Å². The van der Waals surface area contributed by atoms with Crippen molar-refractivity contribution in [1.29, 1.82) is 0 Å². The summed E-state index contributed by atoms with van der Waals surface area (Å²) in [6.45, 7) is 4.84. The molecule has 1 amide bonds. The quantitative estimate of drug-likeness (QED) is 0.626. The largest absolute Gasteiger partial charge is 0.450 e. The Morgan fingerprint density at radius 2 is 1.96 bits per heavy atom. The van der Waals surface area contributed by atoms with Crippen molar-refractivity contribution >= 4 is 13.7 Å². The molecular formula is C15H24NO6P. The molecule has 0 aliphatic heterocycles. The van der Waals surface area contributed by atoms with Gasteiger partial charge in [-0.15, -0.1) is 0 Å². The average molecular weight is 345 g/mol. The molecule has 8 heteroatoms. The van der Waals surface area contributed by atoms with E-state index in [1.165, 1.54) is 0 Å². The van der Waals surface area contributed by atoms with Crippen molar-refractivity contribution in [3.8, 4) is 0 Å². The van der Waals surface area contributed by atoms with E-state index in [-0.39, 0.29) is 19.8 Å². The SMILES string of the molecule is CCOC(=O)NC(c1ccccc1)P(=O)(O)OCC(C)(C)CO. The monoisotopic (exact) mass is 345 g/mol. The summed E-state index contributed by atoms with van der Waals surface area (Å²) in [7, 11) is -4.23. The lowest BCUT2D eigenvalue weighted by molar-refractivity contribution is 0.0876. The third-order valence-electron chi connectivity index (χ3n) is 3.04. The molecule has 0 aliphatic carbocycles. The number of carbonyl (C=O) groups is 1. The molecule has 1 rings (SSSR count). The maximum Gasteiger partial charge on any atom is 0.408 e. The van der Waals surface area contributed by atoms with Gasteiger partial charge in [0.25, 0.3) is 0 Å². The molecular weight excluding hydrogens is 321 g/mol. The van der Waals surface area contributed by atoms with Crippen molar-refractivity contribution in [2.75, 3.05) is 19.8 Å². The molecule has 7 nitrogen and oxygen atoms in total. The molecule has 1 aromatic rings. The van der Waals surface area contributed by atoms with E-state index in [1.807, 2.05) is 0 Å². The molecule has 2 unspecified atom stereocenters. The highest BCUT2D eigenvalue weighted by Crippen LogP contribution is 2.55. The standard InChI is InChI=1S/C15H24NO6P/c1-4-21-14(18)16-13(12-8-6-5-7-9-12)23(19,20)22-11-15(2,3)10-17/h5-9,13,17H,4,10-11H2,1-3H3,(H,16,18)(H,19,20). The summed E-state index contributed by atoms with van der Waals surface area (Å²) in [5, 5.41) is 11.6. The number of aliphatic hydroxyl groups excluding tert-OH is 1. The predicted molar refractivity (Wildman–Crippen MR) is 86.0 cm³/mol. The first-order valence-corrected chi connectivity index (χ1v) is 8.92. The highest BCUT2D eigenvalue weighted by Gasteiger charge is 2.37. The van der Waals surface area contributed by atoms with Gasteiger partial charge in [-0.2, -0.15) is 0 Å². The van der Waals surface area contributed by atoms with Crippen LogP contribution in [-0.4, -0.2) is 35.9 Å². The third-order valence-corrected chi connectivity index (χ3v) is 4.62. The number of benzene rings is 1. The van der Waals surface area contributed by atoms with Crippen LogP contribution in [-0.2, 0) is 13.8 Å². The number of ether oxygens (including phenoxy) is 1. The first-order valence-electron chi connectivity index (χ1n) is 7.28. The number of alkyl carbamates (subject to hydrolysis) is 1. The topological polar surface area (TPSA) is 105 Å². The summed E-state index contributed by atoms with van der Waals surface area (Å²) in [5.74, 6) is -1.25. The minimum atomic E-state index is -4.23. The van der Waals surface area contributed by atoms with Crippen LogP contribution < -0.4 is 5.32 Å².